The Morgan fingerprint density at radius 3 is 2.40 bits per heavy atom. The van der Waals surface area contributed by atoms with Gasteiger partial charge in [0.2, 0.25) is 5.91 Å². The van der Waals surface area contributed by atoms with Gasteiger partial charge in [-0.3, -0.25) is 4.79 Å². The maximum atomic E-state index is 12.4. The molecule has 1 saturated heterocycles. The number of carbonyl (C=O) groups is 1. The van der Waals surface area contributed by atoms with Crippen LogP contribution in [0.15, 0.2) is 48.7 Å². The Balaban J connectivity index is 1.46. The van der Waals surface area contributed by atoms with E-state index in [1.807, 2.05) is 61.5 Å². The summed E-state index contributed by atoms with van der Waals surface area (Å²) >= 11 is 0. The van der Waals surface area contributed by atoms with Crippen molar-refractivity contribution in [3.63, 3.8) is 0 Å². The normalized spacial score (nSPS) is 14.3. The number of hydrogen-bond donors (Lipinski definition) is 1. The van der Waals surface area contributed by atoms with E-state index in [0.29, 0.717) is 6.54 Å². The highest BCUT2D eigenvalue weighted by Crippen LogP contribution is 2.16. The molecule has 6 nitrogen and oxygen atoms in total. The molecule has 1 aliphatic heterocycles. The lowest BCUT2D eigenvalue weighted by Crippen LogP contribution is -2.50. The van der Waals surface area contributed by atoms with Crippen LogP contribution in [0.25, 0.3) is 0 Å². The van der Waals surface area contributed by atoms with Crippen molar-refractivity contribution in [1.82, 2.24) is 9.88 Å². The van der Waals surface area contributed by atoms with Gasteiger partial charge in [-0.25, -0.2) is 4.98 Å². The Hall–Kier alpha value is -2.76. The second kappa shape index (κ2) is 7.88. The van der Waals surface area contributed by atoms with Crippen molar-refractivity contribution in [2.45, 2.75) is 0 Å². The van der Waals surface area contributed by atoms with Gasteiger partial charge in [0.15, 0.2) is 0 Å². The highest BCUT2D eigenvalue weighted by Gasteiger charge is 2.21. The average molecular weight is 339 g/mol. The van der Waals surface area contributed by atoms with Crippen LogP contribution in [-0.2, 0) is 4.79 Å². The summed E-state index contributed by atoms with van der Waals surface area (Å²) < 4.78 is 0. The highest BCUT2D eigenvalue weighted by molar-refractivity contribution is 5.81. The molecule has 0 radical (unpaired) electrons. The minimum atomic E-state index is 0.136. The summed E-state index contributed by atoms with van der Waals surface area (Å²) in [5, 5.41) is 3.22. The number of amides is 1. The molecule has 1 aromatic carbocycles. The fraction of sp³-hybridized carbons (Fsp3) is 0.368. The van der Waals surface area contributed by atoms with Gasteiger partial charge in [-0.1, -0.05) is 6.07 Å². The van der Waals surface area contributed by atoms with Gasteiger partial charge >= 0.3 is 0 Å². The fourth-order valence-corrected chi connectivity index (χ4v) is 2.89. The van der Waals surface area contributed by atoms with E-state index in [1.54, 1.807) is 6.20 Å². The third-order valence-electron chi connectivity index (χ3n) is 4.43. The molecule has 3 rings (SSSR count). The maximum Gasteiger partial charge on any atom is 0.241 e. The molecule has 1 fully saturated rings. The van der Waals surface area contributed by atoms with Crippen LogP contribution < -0.4 is 15.1 Å². The van der Waals surface area contributed by atoms with Crippen LogP contribution in [-0.4, -0.2) is 62.6 Å². The lowest BCUT2D eigenvalue weighted by atomic mass is 10.2. The molecule has 0 atom stereocenters. The number of piperazine rings is 1. The number of anilines is 3. The number of nitrogens with zero attached hydrogens (tertiary/aromatic N) is 4. The zero-order valence-electron chi connectivity index (χ0n) is 14.9. The topological polar surface area (TPSA) is 51.7 Å². The highest BCUT2D eigenvalue weighted by atomic mass is 16.2. The molecule has 25 heavy (non-hydrogen) atoms. The van der Waals surface area contributed by atoms with Crippen molar-refractivity contribution >= 4 is 23.1 Å². The van der Waals surface area contributed by atoms with E-state index in [4.69, 9.17) is 0 Å². The second-order valence-electron chi connectivity index (χ2n) is 6.35. The smallest absolute Gasteiger partial charge is 0.241 e. The summed E-state index contributed by atoms with van der Waals surface area (Å²) in [5.74, 6) is 1.12. The molecule has 0 saturated carbocycles. The third-order valence-corrected chi connectivity index (χ3v) is 4.43. The van der Waals surface area contributed by atoms with Crippen molar-refractivity contribution in [3.05, 3.63) is 48.7 Å². The molecule has 1 amide bonds. The lowest BCUT2D eigenvalue weighted by molar-refractivity contribution is -0.129. The largest absolute Gasteiger partial charge is 0.378 e. The summed E-state index contributed by atoms with van der Waals surface area (Å²) in [4.78, 5) is 23.0. The average Bonchev–Trinajstić information content (AvgIpc) is 2.67. The van der Waals surface area contributed by atoms with Crippen molar-refractivity contribution in [2.75, 3.05) is 61.9 Å². The maximum absolute atomic E-state index is 12.4. The van der Waals surface area contributed by atoms with E-state index in [-0.39, 0.29) is 5.91 Å². The molecule has 132 valence electrons. The summed E-state index contributed by atoms with van der Waals surface area (Å²) in [6, 6.07) is 14.0. The summed E-state index contributed by atoms with van der Waals surface area (Å²) in [6.07, 6.45) is 1.80. The number of carbonyl (C=O) groups excluding carboxylic acids is 1. The Labute approximate surface area is 149 Å². The molecule has 0 aliphatic carbocycles. The van der Waals surface area contributed by atoms with Crippen molar-refractivity contribution in [1.29, 1.82) is 0 Å². The van der Waals surface area contributed by atoms with E-state index >= 15 is 0 Å². The molecule has 6 heteroatoms. The number of benzene rings is 1. The minimum absolute atomic E-state index is 0.136. The van der Waals surface area contributed by atoms with Gasteiger partial charge in [0.1, 0.15) is 5.82 Å². The first-order chi connectivity index (χ1) is 12.1. The van der Waals surface area contributed by atoms with Gasteiger partial charge in [-0.05, 0) is 36.4 Å². The fourth-order valence-electron chi connectivity index (χ4n) is 2.89. The van der Waals surface area contributed by atoms with Gasteiger partial charge in [0.05, 0.1) is 6.54 Å². The SMILES string of the molecule is CN(C)c1ccc(NCC(=O)N2CCN(c3ccccn3)CC2)cc1. The molecule has 1 aliphatic rings. The van der Waals surface area contributed by atoms with Crippen molar-refractivity contribution in [2.24, 2.45) is 0 Å². The number of nitrogens with one attached hydrogen (secondary N) is 1. The standard InChI is InChI=1S/C19H25N5O/c1-22(2)17-8-6-16(7-9-17)21-15-19(25)24-13-11-23(12-14-24)18-5-3-4-10-20-18/h3-10,21H,11-15H2,1-2H3. The van der Waals surface area contributed by atoms with E-state index in [2.05, 4.69) is 20.1 Å². The second-order valence-corrected chi connectivity index (χ2v) is 6.35. The Bertz CT molecular complexity index is 679. The van der Waals surface area contributed by atoms with Crippen LogP contribution >= 0.6 is 0 Å². The Kier molecular flexibility index (Phi) is 5.38. The predicted molar refractivity (Wildman–Crippen MR) is 102 cm³/mol. The lowest BCUT2D eigenvalue weighted by Gasteiger charge is -2.35. The van der Waals surface area contributed by atoms with Gasteiger partial charge in [0, 0.05) is 57.8 Å². The van der Waals surface area contributed by atoms with E-state index in [9.17, 15) is 4.79 Å². The van der Waals surface area contributed by atoms with E-state index in [0.717, 1.165) is 43.4 Å². The van der Waals surface area contributed by atoms with E-state index in [1.165, 1.54) is 0 Å². The summed E-state index contributed by atoms with van der Waals surface area (Å²) in [6.45, 7) is 3.43. The molecular weight excluding hydrogens is 314 g/mol. The monoisotopic (exact) mass is 339 g/mol. The van der Waals surface area contributed by atoms with Crippen LogP contribution in [0.3, 0.4) is 0 Å². The van der Waals surface area contributed by atoms with Gasteiger partial charge in [-0.15, -0.1) is 0 Å². The molecular formula is C19H25N5O. The zero-order chi connectivity index (χ0) is 17.6. The van der Waals surface area contributed by atoms with Crippen LogP contribution in [0.4, 0.5) is 17.2 Å². The predicted octanol–water partition coefficient (Wildman–Crippen LogP) is 1.91. The first kappa shape index (κ1) is 17.1. The van der Waals surface area contributed by atoms with Gasteiger partial charge in [-0.2, -0.15) is 0 Å². The Morgan fingerprint density at radius 1 is 1.08 bits per heavy atom. The summed E-state index contributed by atoms with van der Waals surface area (Å²) in [5.41, 5.74) is 2.11. The van der Waals surface area contributed by atoms with Crippen LogP contribution in [0.5, 0.6) is 0 Å². The van der Waals surface area contributed by atoms with Crippen molar-refractivity contribution < 1.29 is 4.79 Å². The molecule has 0 unspecified atom stereocenters. The molecule has 2 aromatic rings. The summed E-state index contributed by atoms with van der Waals surface area (Å²) in [7, 11) is 4.02. The van der Waals surface area contributed by atoms with Crippen LogP contribution in [0.2, 0.25) is 0 Å². The Morgan fingerprint density at radius 2 is 1.80 bits per heavy atom. The van der Waals surface area contributed by atoms with Gasteiger partial charge in [0.25, 0.3) is 0 Å². The number of pyridine rings is 1. The van der Waals surface area contributed by atoms with Crippen molar-refractivity contribution in [3.8, 4) is 0 Å². The number of aromatic nitrogens is 1. The number of rotatable bonds is 5. The molecule has 0 spiro atoms. The first-order valence-corrected chi connectivity index (χ1v) is 8.58. The van der Waals surface area contributed by atoms with Gasteiger partial charge < -0.3 is 20.0 Å². The number of hydrogen-bond acceptors (Lipinski definition) is 5. The molecule has 0 bridgehead atoms. The van der Waals surface area contributed by atoms with Crippen LogP contribution in [0.1, 0.15) is 0 Å². The molecule has 2 heterocycles. The zero-order valence-corrected chi connectivity index (χ0v) is 14.9. The van der Waals surface area contributed by atoms with E-state index < -0.39 is 0 Å². The molecule has 1 N–H and O–H groups in total. The first-order valence-electron chi connectivity index (χ1n) is 8.58. The quantitative estimate of drug-likeness (QED) is 0.902. The molecule has 1 aromatic heterocycles. The minimum Gasteiger partial charge on any atom is -0.378 e. The van der Waals surface area contributed by atoms with Crippen LogP contribution in [0, 0.1) is 0 Å². The third kappa shape index (κ3) is 4.41.